The first-order valence-corrected chi connectivity index (χ1v) is 5.04. The highest BCUT2D eigenvalue weighted by molar-refractivity contribution is 4.73. The molecular weight excluding hydrogens is 146 g/mol. The molecule has 0 aromatic heterocycles. The summed E-state index contributed by atoms with van der Waals surface area (Å²) in [6.45, 7) is 8.30. The van der Waals surface area contributed by atoms with Crippen LogP contribution in [0.15, 0.2) is 12.7 Å². The van der Waals surface area contributed by atoms with Crippen LogP contribution in [0.25, 0.3) is 0 Å². The topological polar surface area (TPSA) is 12.0 Å². The largest absolute Gasteiger partial charge is 0.317 e. The van der Waals surface area contributed by atoms with E-state index in [4.69, 9.17) is 0 Å². The Morgan fingerprint density at radius 3 is 2.58 bits per heavy atom. The van der Waals surface area contributed by atoms with Crippen molar-refractivity contribution in [3.8, 4) is 0 Å². The predicted octanol–water partition coefficient (Wildman–Crippen LogP) is 2.98. The molecule has 0 aliphatic carbocycles. The smallest absolute Gasteiger partial charge is 0.00897 e. The summed E-state index contributed by atoms with van der Waals surface area (Å²) in [6.07, 6.45) is 6.95. The van der Waals surface area contributed by atoms with Gasteiger partial charge in [0.2, 0.25) is 0 Å². The van der Waals surface area contributed by atoms with Crippen LogP contribution < -0.4 is 5.32 Å². The number of unbranched alkanes of at least 4 members (excludes halogenated alkanes) is 1. The highest BCUT2D eigenvalue weighted by Crippen LogP contribution is 2.13. The summed E-state index contributed by atoms with van der Waals surface area (Å²) in [4.78, 5) is 0. The van der Waals surface area contributed by atoms with Crippen LogP contribution in [-0.2, 0) is 0 Å². The van der Waals surface area contributed by atoms with E-state index in [1.807, 2.05) is 6.08 Å². The lowest BCUT2D eigenvalue weighted by Gasteiger charge is -2.21. The minimum absolute atomic E-state index is 0.690. The van der Waals surface area contributed by atoms with E-state index in [-0.39, 0.29) is 0 Å². The van der Waals surface area contributed by atoms with Gasteiger partial charge in [0.25, 0.3) is 0 Å². The number of rotatable bonds is 7. The molecule has 0 saturated carbocycles. The maximum absolute atomic E-state index is 3.73. The molecule has 0 aromatic rings. The first-order chi connectivity index (χ1) is 5.76. The van der Waals surface area contributed by atoms with E-state index in [0.717, 1.165) is 12.3 Å². The molecule has 1 N–H and O–H groups in total. The number of hydrogen-bond acceptors (Lipinski definition) is 1. The lowest BCUT2D eigenvalue weighted by atomic mass is 9.95. The Hall–Kier alpha value is -0.300. The van der Waals surface area contributed by atoms with Gasteiger partial charge in [-0.05, 0) is 32.2 Å². The van der Waals surface area contributed by atoms with Gasteiger partial charge in [-0.25, -0.2) is 0 Å². The van der Waals surface area contributed by atoms with Crippen LogP contribution in [0.2, 0.25) is 0 Å². The average molecular weight is 169 g/mol. The van der Waals surface area contributed by atoms with Crippen molar-refractivity contribution in [3.05, 3.63) is 12.7 Å². The molecule has 0 spiro atoms. The molecule has 0 bridgehead atoms. The fourth-order valence-electron chi connectivity index (χ4n) is 1.48. The number of allylic oxidation sites excluding steroid dienone is 1. The molecule has 0 rings (SSSR count). The second-order valence-corrected chi connectivity index (χ2v) is 3.50. The second kappa shape index (κ2) is 7.35. The van der Waals surface area contributed by atoms with Gasteiger partial charge in [-0.3, -0.25) is 0 Å². The second-order valence-electron chi connectivity index (χ2n) is 3.50. The van der Waals surface area contributed by atoms with Crippen molar-refractivity contribution < 1.29 is 0 Å². The molecular formula is C11H23N. The summed E-state index contributed by atoms with van der Waals surface area (Å²) >= 11 is 0. The summed E-state index contributed by atoms with van der Waals surface area (Å²) in [7, 11) is 2.06. The third-order valence-electron chi connectivity index (χ3n) is 2.63. The van der Waals surface area contributed by atoms with Crippen molar-refractivity contribution >= 4 is 0 Å². The Bertz CT molecular complexity index is 110. The number of hydrogen-bond donors (Lipinski definition) is 1. The van der Waals surface area contributed by atoms with Crippen LogP contribution >= 0.6 is 0 Å². The maximum Gasteiger partial charge on any atom is 0.00897 e. The molecule has 1 nitrogen and oxygen atoms in total. The van der Waals surface area contributed by atoms with Crippen LogP contribution in [-0.4, -0.2) is 13.1 Å². The van der Waals surface area contributed by atoms with Gasteiger partial charge >= 0.3 is 0 Å². The van der Waals surface area contributed by atoms with Crippen molar-refractivity contribution in [2.45, 2.75) is 45.6 Å². The van der Waals surface area contributed by atoms with Crippen molar-refractivity contribution in [2.75, 3.05) is 7.05 Å². The first kappa shape index (κ1) is 11.7. The first-order valence-electron chi connectivity index (χ1n) is 5.04. The molecule has 0 radical (unpaired) electrons. The lowest BCUT2D eigenvalue weighted by Crippen LogP contribution is -2.31. The minimum atomic E-state index is 0.690. The van der Waals surface area contributed by atoms with Gasteiger partial charge in [0, 0.05) is 6.04 Å². The van der Waals surface area contributed by atoms with E-state index in [0.29, 0.717) is 6.04 Å². The van der Waals surface area contributed by atoms with E-state index >= 15 is 0 Å². The van der Waals surface area contributed by atoms with Gasteiger partial charge in [0.05, 0.1) is 0 Å². The standard InChI is InChI=1S/C11H23N/c1-5-7-8-9-11(12-4)10(3)6-2/h5,10-12H,1,6-9H2,2-4H3. The van der Waals surface area contributed by atoms with Gasteiger partial charge in [-0.2, -0.15) is 0 Å². The fourth-order valence-corrected chi connectivity index (χ4v) is 1.48. The lowest BCUT2D eigenvalue weighted by molar-refractivity contribution is 0.362. The third kappa shape index (κ3) is 4.55. The molecule has 0 amide bonds. The van der Waals surface area contributed by atoms with E-state index in [2.05, 4.69) is 32.8 Å². The SMILES string of the molecule is C=CCCCC(NC)C(C)CC. The third-order valence-corrected chi connectivity index (χ3v) is 2.63. The Labute approximate surface area is 77.2 Å². The summed E-state index contributed by atoms with van der Waals surface area (Å²) in [5.74, 6) is 0.791. The molecule has 0 heterocycles. The molecule has 0 aliphatic rings. The van der Waals surface area contributed by atoms with Crippen LogP contribution in [0.1, 0.15) is 39.5 Å². The van der Waals surface area contributed by atoms with Gasteiger partial charge < -0.3 is 5.32 Å². The van der Waals surface area contributed by atoms with E-state index in [1.54, 1.807) is 0 Å². The number of nitrogens with one attached hydrogen (secondary N) is 1. The summed E-state index contributed by atoms with van der Waals surface area (Å²) in [5.41, 5.74) is 0. The highest BCUT2D eigenvalue weighted by Gasteiger charge is 2.11. The van der Waals surface area contributed by atoms with Crippen molar-refractivity contribution in [2.24, 2.45) is 5.92 Å². The Morgan fingerprint density at radius 2 is 2.17 bits per heavy atom. The molecule has 2 atom stereocenters. The van der Waals surface area contributed by atoms with Crippen LogP contribution in [0, 0.1) is 5.92 Å². The minimum Gasteiger partial charge on any atom is -0.317 e. The zero-order chi connectivity index (χ0) is 9.40. The monoisotopic (exact) mass is 169 g/mol. The fraction of sp³-hybridized carbons (Fsp3) is 0.818. The van der Waals surface area contributed by atoms with Gasteiger partial charge in [0.15, 0.2) is 0 Å². The average Bonchev–Trinajstić information content (AvgIpc) is 2.11. The molecule has 72 valence electrons. The molecule has 0 fully saturated rings. The maximum atomic E-state index is 3.73. The summed E-state index contributed by atoms with van der Waals surface area (Å²) in [6, 6.07) is 0.690. The Morgan fingerprint density at radius 1 is 1.50 bits per heavy atom. The molecule has 0 aliphatic heterocycles. The van der Waals surface area contributed by atoms with Gasteiger partial charge in [0.1, 0.15) is 0 Å². The zero-order valence-corrected chi connectivity index (χ0v) is 8.77. The summed E-state index contributed by atoms with van der Waals surface area (Å²) < 4.78 is 0. The van der Waals surface area contributed by atoms with Crippen LogP contribution in [0.4, 0.5) is 0 Å². The van der Waals surface area contributed by atoms with Crippen molar-refractivity contribution in [3.63, 3.8) is 0 Å². The normalized spacial score (nSPS) is 15.6. The van der Waals surface area contributed by atoms with Crippen LogP contribution in [0.5, 0.6) is 0 Å². The molecule has 0 saturated heterocycles. The molecule has 12 heavy (non-hydrogen) atoms. The Balaban J connectivity index is 3.58. The predicted molar refractivity (Wildman–Crippen MR) is 56.4 cm³/mol. The quantitative estimate of drug-likeness (QED) is 0.456. The van der Waals surface area contributed by atoms with Gasteiger partial charge in [-0.1, -0.05) is 26.3 Å². The van der Waals surface area contributed by atoms with Gasteiger partial charge in [-0.15, -0.1) is 6.58 Å². The molecule has 0 aromatic carbocycles. The van der Waals surface area contributed by atoms with E-state index in [1.165, 1.54) is 19.3 Å². The van der Waals surface area contributed by atoms with Crippen molar-refractivity contribution in [1.82, 2.24) is 5.32 Å². The zero-order valence-electron chi connectivity index (χ0n) is 8.77. The van der Waals surface area contributed by atoms with E-state index in [9.17, 15) is 0 Å². The highest BCUT2D eigenvalue weighted by atomic mass is 14.9. The van der Waals surface area contributed by atoms with Crippen LogP contribution in [0.3, 0.4) is 0 Å². The summed E-state index contributed by atoms with van der Waals surface area (Å²) in [5, 5.41) is 3.38. The Kier molecular flexibility index (Phi) is 7.17. The molecule has 1 heteroatoms. The van der Waals surface area contributed by atoms with E-state index < -0.39 is 0 Å². The molecule has 2 unspecified atom stereocenters. The van der Waals surface area contributed by atoms with Crippen molar-refractivity contribution in [1.29, 1.82) is 0 Å².